The maximum Gasteiger partial charge on any atom is 0.221 e. The van der Waals surface area contributed by atoms with E-state index >= 15 is 0 Å². The average molecular weight is 286 g/mol. The van der Waals surface area contributed by atoms with Crippen LogP contribution >= 0.6 is 0 Å². The van der Waals surface area contributed by atoms with E-state index in [2.05, 4.69) is 5.32 Å². The first-order valence-corrected chi connectivity index (χ1v) is 6.55. The van der Waals surface area contributed by atoms with Crippen molar-refractivity contribution in [1.29, 1.82) is 0 Å². The monoisotopic (exact) mass is 286 g/mol. The molecule has 5 nitrogen and oxygen atoms in total. The maximum absolute atomic E-state index is 10.8. The Hall–Kier alpha value is -2.69. The highest BCUT2D eigenvalue weighted by molar-refractivity contribution is 5.76. The number of carbonyl (C=O) groups is 1. The van der Waals surface area contributed by atoms with E-state index in [4.69, 9.17) is 10.5 Å². The normalized spacial score (nSPS) is 10.1. The Morgan fingerprint density at radius 3 is 2.57 bits per heavy atom. The van der Waals surface area contributed by atoms with E-state index in [1.165, 1.54) is 0 Å². The lowest BCUT2D eigenvalue weighted by molar-refractivity contribution is -0.117. The topological polar surface area (TPSA) is 84.6 Å². The van der Waals surface area contributed by atoms with Gasteiger partial charge in [0.15, 0.2) is 0 Å². The number of phenols is 1. The molecule has 2 aromatic carbocycles. The highest BCUT2D eigenvalue weighted by atomic mass is 16.5. The zero-order chi connectivity index (χ0) is 15.2. The summed E-state index contributed by atoms with van der Waals surface area (Å²) in [4.78, 5) is 10.8. The molecule has 4 N–H and O–H groups in total. The summed E-state index contributed by atoms with van der Waals surface area (Å²) < 4.78 is 5.13. The van der Waals surface area contributed by atoms with Gasteiger partial charge >= 0.3 is 0 Å². The molecular formula is C16H18N2O3. The molecule has 0 aromatic heterocycles. The Morgan fingerprint density at radius 1 is 1.24 bits per heavy atom. The van der Waals surface area contributed by atoms with Gasteiger partial charge in [-0.15, -0.1) is 0 Å². The van der Waals surface area contributed by atoms with E-state index in [1.807, 2.05) is 24.3 Å². The first-order valence-electron chi connectivity index (χ1n) is 6.55. The van der Waals surface area contributed by atoms with E-state index in [0.29, 0.717) is 12.3 Å². The van der Waals surface area contributed by atoms with Gasteiger partial charge in [0.05, 0.1) is 13.5 Å². The van der Waals surface area contributed by atoms with Crippen LogP contribution in [0.15, 0.2) is 42.5 Å². The molecule has 21 heavy (non-hydrogen) atoms. The van der Waals surface area contributed by atoms with E-state index < -0.39 is 0 Å². The fraction of sp³-hybridized carbons (Fsp3) is 0.188. The molecule has 0 bridgehead atoms. The molecule has 0 radical (unpaired) electrons. The number of hydrogen-bond acceptors (Lipinski definition) is 4. The molecule has 0 saturated heterocycles. The molecule has 0 aliphatic carbocycles. The number of ether oxygens (including phenoxy) is 1. The highest BCUT2D eigenvalue weighted by Crippen LogP contribution is 2.23. The van der Waals surface area contributed by atoms with Crippen molar-refractivity contribution in [2.45, 2.75) is 13.0 Å². The number of nitrogens with one attached hydrogen (secondary N) is 1. The zero-order valence-corrected chi connectivity index (χ0v) is 11.8. The maximum atomic E-state index is 10.8. The lowest BCUT2D eigenvalue weighted by atomic mass is 10.1. The molecule has 2 rings (SSSR count). The van der Waals surface area contributed by atoms with Crippen molar-refractivity contribution in [3.05, 3.63) is 53.6 Å². The van der Waals surface area contributed by atoms with E-state index in [1.54, 1.807) is 25.3 Å². The van der Waals surface area contributed by atoms with Gasteiger partial charge in [0.1, 0.15) is 11.5 Å². The van der Waals surface area contributed by atoms with Gasteiger partial charge in [0.2, 0.25) is 5.91 Å². The lowest BCUT2D eigenvalue weighted by Gasteiger charge is -2.10. The first-order chi connectivity index (χ1) is 10.1. The number of aromatic hydroxyl groups is 1. The third-order valence-electron chi connectivity index (χ3n) is 3.10. The van der Waals surface area contributed by atoms with Crippen molar-refractivity contribution in [3.63, 3.8) is 0 Å². The molecule has 0 spiro atoms. The van der Waals surface area contributed by atoms with E-state index in [9.17, 15) is 9.90 Å². The zero-order valence-electron chi connectivity index (χ0n) is 11.8. The van der Waals surface area contributed by atoms with Crippen LogP contribution in [0.25, 0.3) is 0 Å². The van der Waals surface area contributed by atoms with Crippen molar-refractivity contribution in [3.8, 4) is 11.5 Å². The summed E-state index contributed by atoms with van der Waals surface area (Å²) in [5.41, 5.74) is 7.66. The lowest BCUT2D eigenvalue weighted by Crippen LogP contribution is -2.13. The molecule has 0 saturated carbocycles. The van der Waals surface area contributed by atoms with Crippen molar-refractivity contribution >= 4 is 11.6 Å². The Labute approximate surface area is 123 Å². The number of anilines is 1. The van der Waals surface area contributed by atoms with Crippen LogP contribution in [0.3, 0.4) is 0 Å². The fourth-order valence-electron chi connectivity index (χ4n) is 1.97. The second kappa shape index (κ2) is 6.65. The predicted molar refractivity (Wildman–Crippen MR) is 81.3 cm³/mol. The highest BCUT2D eigenvalue weighted by Gasteiger charge is 2.04. The Morgan fingerprint density at radius 2 is 1.95 bits per heavy atom. The minimum Gasteiger partial charge on any atom is -0.508 e. The van der Waals surface area contributed by atoms with Gasteiger partial charge in [-0.2, -0.15) is 0 Å². The molecule has 0 heterocycles. The second-order valence-corrected chi connectivity index (χ2v) is 4.69. The average Bonchev–Trinajstić information content (AvgIpc) is 2.47. The predicted octanol–water partition coefficient (Wildman–Crippen LogP) is 2.04. The number of nitrogens with two attached hydrogens (primary N) is 1. The van der Waals surface area contributed by atoms with Crippen LogP contribution in [0, 0.1) is 0 Å². The van der Waals surface area contributed by atoms with Gasteiger partial charge in [-0.3, -0.25) is 4.79 Å². The fourth-order valence-corrected chi connectivity index (χ4v) is 1.97. The number of methoxy groups -OCH3 is 1. The largest absolute Gasteiger partial charge is 0.508 e. The van der Waals surface area contributed by atoms with Crippen molar-refractivity contribution in [2.75, 3.05) is 12.4 Å². The van der Waals surface area contributed by atoms with Crippen molar-refractivity contribution in [1.82, 2.24) is 0 Å². The molecule has 5 heteroatoms. The van der Waals surface area contributed by atoms with Gasteiger partial charge in [-0.05, 0) is 35.9 Å². The Balaban J connectivity index is 2.01. The summed E-state index contributed by atoms with van der Waals surface area (Å²) in [5, 5.41) is 13.0. The van der Waals surface area contributed by atoms with Crippen LogP contribution in [0.4, 0.5) is 5.69 Å². The smallest absolute Gasteiger partial charge is 0.221 e. The van der Waals surface area contributed by atoms with Crippen LogP contribution in [-0.4, -0.2) is 18.1 Å². The summed E-state index contributed by atoms with van der Waals surface area (Å²) in [6.45, 7) is 0.470. The number of benzene rings is 2. The quantitative estimate of drug-likeness (QED) is 0.758. The summed E-state index contributed by atoms with van der Waals surface area (Å²) in [7, 11) is 1.58. The van der Waals surface area contributed by atoms with Crippen molar-refractivity contribution in [2.24, 2.45) is 5.73 Å². The standard InChI is InChI=1S/C16H18N2O3/c1-21-14-6-7-15(19)12(9-14)10-18-13-4-2-11(3-5-13)8-16(17)20/h2-7,9,18-19H,8,10H2,1H3,(H2,17,20). The number of amides is 1. The molecule has 110 valence electrons. The number of hydrogen-bond donors (Lipinski definition) is 3. The first kappa shape index (κ1) is 14.7. The Bertz CT molecular complexity index is 624. The molecule has 0 atom stereocenters. The SMILES string of the molecule is COc1ccc(O)c(CNc2ccc(CC(N)=O)cc2)c1. The van der Waals surface area contributed by atoms with Crippen LogP contribution in [0.5, 0.6) is 11.5 Å². The van der Waals surface area contributed by atoms with Crippen LogP contribution in [0.1, 0.15) is 11.1 Å². The minimum atomic E-state index is -0.350. The van der Waals surface area contributed by atoms with Gasteiger partial charge in [0, 0.05) is 17.8 Å². The molecule has 0 fully saturated rings. The van der Waals surface area contributed by atoms with Crippen LogP contribution in [0.2, 0.25) is 0 Å². The van der Waals surface area contributed by atoms with Gasteiger partial charge in [-0.1, -0.05) is 12.1 Å². The summed E-state index contributed by atoms with van der Waals surface area (Å²) in [5.74, 6) is 0.562. The summed E-state index contributed by atoms with van der Waals surface area (Å²) in [6.07, 6.45) is 0.233. The molecule has 1 amide bonds. The number of primary amides is 1. The minimum absolute atomic E-state index is 0.216. The third-order valence-corrected chi connectivity index (χ3v) is 3.10. The molecular weight excluding hydrogens is 268 g/mol. The van der Waals surface area contributed by atoms with Crippen LogP contribution < -0.4 is 15.8 Å². The molecule has 2 aromatic rings. The number of rotatable bonds is 6. The van der Waals surface area contributed by atoms with Gasteiger partial charge in [0.25, 0.3) is 0 Å². The van der Waals surface area contributed by atoms with E-state index in [-0.39, 0.29) is 18.1 Å². The summed E-state index contributed by atoms with van der Waals surface area (Å²) >= 11 is 0. The second-order valence-electron chi connectivity index (χ2n) is 4.69. The van der Waals surface area contributed by atoms with Crippen LogP contribution in [-0.2, 0) is 17.8 Å². The number of phenolic OH excluding ortho intramolecular Hbond substituents is 1. The van der Waals surface area contributed by atoms with Gasteiger partial charge in [-0.25, -0.2) is 0 Å². The summed E-state index contributed by atoms with van der Waals surface area (Å²) in [6, 6.07) is 12.5. The molecule has 0 aliphatic rings. The van der Waals surface area contributed by atoms with Crippen molar-refractivity contribution < 1.29 is 14.6 Å². The Kier molecular flexibility index (Phi) is 4.66. The third kappa shape index (κ3) is 4.14. The number of carbonyl (C=O) groups excluding carboxylic acids is 1. The van der Waals surface area contributed by atoms with Gasteiger partial charge < -0.3 is 20.9 Å². The molecule has 0 unspecified atom stereocenters. The van der Waals surface area contributed by atoms with E-state index in [0.717, 1.165) is 16.8 Å². The molecule has 0 aliphatic heterocycles.